The Balaban J connectivity index is -0.000000355. The third kappa shape index (κ3) is 9.11. The van der Waals surface area contributed by atoms with Crippen LogP contribution in [0.1, 0.15) is 75.2 Å². The number of hydrogen-bond acceptors (Lipinski definition) is 6. The van der Waals surface area contributed by atoms with Crippen molar-refractivity contribution in [3.8, 4) is 0 Å². The number of allylic oxidation sites excluding steroid dienone is 2. The van der Waals surface area contributed by atoms with Gasteiger partial charge in [0.1, 0.15) is 23.4 Å². The first-order valence-corrected chi connectivity index (χ1v) is 10.0. The van der Waals surface area contributed by atoms with Gasteiger partial charge in [0.15, 0.2) is 23.1 Å². The molecular formula is C22H36O6. The van der Waals surface area contributed by atoms with Gasteiger partial charge in [-0.15, -0.1) is 0 Å². The SMILES string of the molecule is CC.CC.CC.CC(=O)C1C(=O)C=CC1=O.CCC1CC(=O)C(C(C)=O)C1=O. The fourth-order valence-electron chi connectivity index (χ4n) is 2.53. The Morgan fingerprint density at radius 1 is 0.786 bits per heavy atom. The van der Waals surface area contributed by atoms with Crippen molar-refractivity contribution in [2.24, 2.45) is 17.8 Å². The van der Waals surface area contributed by atoms with Crippen LogP contribution in [0, 0.1) is 17.8 Å². The fourth-order valence-corrected chi connectivity index (χ4v) is 2.53. The zero-order valence-electron chi connectivity index (χ0n) is 18.8. The molecule has 6 heteroatoms. The van der Waals surface area contributed by atoms with Crippen LogP contribution in [0.3, 0.4) is 0 Å². The minimum atomic E-state index is -1.03. The highest BCUT2D eigenvalue weighted by molar-refractivity contribution is 6.29. The molecule has 2 atom stereocenters. The summed E-state index contributed by atoms with van der Waals surface area (Å²) in [5.74, 6) is -3.99. The van der Waals surface area contributed by atoms with E-state index >= 15 is 0 Å². The van der Waals surface area contributed by atoms with Crippen LogP contribution in [0.4, 0.5) is 0 Å². The highest BCUT2D eigenvalue weighted by Crippen LogP contribution is 2.26. The monoisotopic (exact) mass is 396 g/mol. The van der Waals surface area contributed by atoms with Gasteiger partial charge in [0.2, 0.25) is 0 Å². The maximum absolute atomic E-state index is 11.3. The minimum Gasteiger partial charge on any atom is -0.299 e. The largest absolute Gasteiger partial charge is 0.299 e. The van der Waals surface area contributed by atoms with E-state index < -0.39 is 23.4 Å². The lowest BCUT2D eigenvalue weighted by Gasteiger charge is -2.02. The molecule has 0 saturated heterocycles. The zero-order chi connectivity index (χ0) is 23.0. The Morgan fingerprint density at radius 3 is 1.32 bits per heavy atom. The summed E-state index contributed by atoms with van der Waals surface area (Å²) in [6.07, 6.45) is 3.22. The van der Waals surface area contributed by atoms with Crippen LogP contribution >= 0.6 is 0 Å². The van der Waals surface area contributed by atoms with Crippen molar-refractivity contribution in [2.75, 3.05) is 0 Å². The lowest BCUT2D eigenvalue weighted by atomic mass is 9.98. The molecule has 0 N–H and O–H groups in total. The van der Waals surface area contributed by atoms with Gasteiger partial charge in [-0.1, -0.05) is 48.5 Å². The molecule has 0 amide bonds. The summed E-state index contributed by atoms with van der Waals surface area (Å²) in [4.78, 5) is 65.4. The predicted molar refractivity (Wildman–Crippen MR) is 110 cm³/mol. The van der Waals surface area contributed by atoms with Crippen molar-refractivity contribution >= 4 is 34.7 Å². The molecule has 0 heterocycles. The van der Waals surface area contributed by atoms with Gasteiger partial charge in [0.25, 0.3) is 0 Å². The molecule has 2 unspecified atom stereocenters. The number of Topliss-reactive ketones (excluding diaryl/α,β-unsaturated/α-hetero) is 4. The first-order valence-electron chi connectivity index (χ1n) is 10.0. The summed E-state index contributed by atoms with van der Waals surface area (Å²) in [6.45, 7) is 16.4. The average Bonchev–Trinajstić information content (AvgIpc) is 3.18. The van der Waals surface area contributed by atoms with Crippen molar-refractivity contribution in [1.29, 1.82) is 0 Å². The zero-order valence-corrected chi connectivity index (χ0v) is 18.8. The van der Waals surface area contributed by atoms with Gasteiger partial charge in [0.05, 0.1) is 0 Å². The van der Waals surface area contributed by atoms with Crippen molar-refractivity contribution < 1.29 is 28.8 Å². The molecule has 0 aromatic carbocycles. The molecule has 2 aliphatic rings. The standard InChI is InChI=1S/C9H12O3.C7H6O3.3C2H6/c1-3-6-4-7(11)8(5(2)10)9(6)12;1-4(8)7-5(9)2-3-6(7)10;3*1-2/h6,8H,3-4H2,1-2H3;2-3,7H,1H3;3*1-2H3. The summed E-state index contributed by atoms with van der Waals surface area (Å²) in [5, 5.41) is 0. The summed E-state index contributed by atoms with van der Waals surface area (Å²) in [6, 6.07) is 0. The molecular weight excluding hydrogens is 360 g/mol. The second kappa shape index (κ2) is 16.9. The van der Waals surface area contributed by atoms with Gasteiger partial charge in [-0.25, -0.2) is 0 Å². The van der Waals surface area contributed by atoms with E-state index in [2.05, 4.69) is 0 Å². The number of hydrogen-bond donors (Lipinski definition) is 0. The van der Waals surface area contributed by atoms with E-state index in [9.17, 15) is 28.8 Å². The molecule has 2 aliphatic carbocycles. The molecule has 1 fully saturated rings. The average molecular weight is 397 g/mol. The van der Waals surface area contributed by atoms with Crippen LogP contribution in [0.25, 0.3) is 0 Å². The van der Waals surface area contributed by atoms with E-state index in [1.165, 1.54) is 13.8 Å². The maximum Gasteiger partial charge on any atom is 0.174 e. The molecule has 0 aliphatic heterocycles. The third-order valence-electron chi connectivity index (χ3n) is 3.74. The topological polar surface area (TPSA) is 102 Å². The molecule has 0 radical (unpaired) electrons. The smallest absolute Gasteiger partial charge is 0.174 e. The van der Waals surface area contributed by atoms with E-state index in [0.29, 0.717) is 6.42 Å². The third-order valence-corrected chi connectivity index (χ3v) is 3.74. The molecule has 0 bridgehead atoms. The van der Waals surface area contributed by atoms with Crippen LogP contribution < -0.4 is 0 Å². The molecule has 160 valence electrons. The molecule has 1 saturated carbocycles. The lowest BCUT2D eigenvalue weighted by molar-refractivity contribution is -0.137. The number of carbonyl (C=O) groups excluding carboxylic acids is 6. The summed E-state index contributed by atoms with van der Waals surface area (Å²) >= 11 is 0. The summed E-state index contributed by atoms with van der Waals surface area (Å²) < 4.78 is 0. The number of rotatable bonds is 3. The highest BCUT2D eigenvalue weighted by Gasteiger charge is 2.42. The van der Waals surface area contributed by atoms with Gasteiger partial charge in [-0.05, 0) is 32.4 Å². The lowest BCUT2D eigenvalue weighted by Crippen LogP contribution is -2.24. The summed E-state index contributed by atoms with van der Waals surface area (Å²) in [5.41, 5.74) is 0. The predicted octanol–water partition coefficient (Wildman–Crippen LogP) is 3.74. The molecule has 28 heavy (non-hydrogen) atoms. The molecule has 0 spiro atoms. The Kier molecular flexibility index (Phi) is 18.4. The van der Waals surface area contributed by atoms with Gasteiger partial charge in [0, 0.05) is 12.3 Å². The van der Waals surface area contributed by atoms with Gasteiger partial charge < -0.3 is 0 Å². The first kappa shape index (κ1) is 30.5. The molecule has 0 aromatic rings. The van der Waals surface area contributed by atoms with E-state index in [1.807, 2.05) is 48.5 Å². The molecule has 6 nitrogen and oxygen atoms in total. The Bertz CT molecular complexity index is 568. The van der Waals surface area contributed by atoms with Crippen LogP contribution in [-0.2, 0) is 28.8 Å². The number of ketones is 6. The minimum absolute atomic E-state index is 0.171. The molecule has 2 rings (SSSR count). The van der Waals surface area contributed by atoms with Gasteiger partial charge >= 0.3 is 0 Å². The van der Waals surface area contributed by atoms with Crippen molar-refractivity contribution in [2.45, 2.75) is 75.2 Å². The normalized spacial score (nSPS) is 19.9. The Labute approximate surface area is 169 Å². The van der Waals surface area contributed by atoms with E-state index in [0.717, 1.165) is 12.2 Å². The fraction of sp³-hybridized carbons (Fsp3) is 0.636. The van der Waals surface area contributed by atoms with E-state index in [1.54, 1.807) is 0 Å². The van der Waals surface area contributed by atoms with Crippen LogP contribution in [0.5, 0.6) is 0 Å². The molecule has 0 aromatic heterocycles. The Morgan fingerprint density at radius 2 is 1.14 bits per heavy atom. The van der Waals surface area contributed by atoms with Crippen molar-refractivity contribution in [3.63, 3.8) is 0 Å². The van der Waals surface area contributed by atoms with E-state index in [-0.39, 0.29) is 35.5 Å². The highest BCUT2D eigenvalue weighted by atomic mass is 16.2. The summed E-state index contributed by atoms with van der Waals surface area (Å²) in [7, 11) is 0. The number of carbonyl (C=O) groups is 6. The van der Waals surface area contributed by atoms with E-state index in [4.69, 9.17) is 0 Å². The quantitative estimate of drug-likeness (QED) is 0.673. The first-order chi connectivity index (χ1) is 13.2. The second-order valence-corrected chi connectivity index (χ2v) is 5.40. The van der Waals surface area contributed by atoms with Gasteiger partial charge in [-0.2, -0.15) is 0 Å². The van der Waals surface area contributed by atoms with Gasteiger partial charge in [-0.3, -0.25) is 28.8 Å². The second-order valence-electron chi connectivity index (χ2n) is 5.40. The maximum atomic E-state index is 11.3. The van der Waals surface area contributed by atoms with Crippen LogP contribution in [0.15, 0.2) is 12.2 Å². The van der Waals surface area contributed by atoms with Crippen molar-refractivity contribution in [1.82, 2.24) is 0 Å². The van der Waals surface area contributed by atoms with Crippen LogP contribution in [-0.4, -0.2) is 34.7 Å². The Hall–Kier alpha value is -2.24. The van der Waals surface area contributed by atoms with Crippen LogP contribution in [0.2, 0.25) is 0 Å². The van der Waals surface area contributed by atoms with Crippen molar-refractivity contribution in [3.05, 3.63) is 12.2 Å².